The standard InChI is InChI=1S/C19H19ClFN5O/c1-2-14(27)25-8-7-13(9-25)26-17(21)15(11-3-5-12(20)6-4-11)16-18(22)23-10-24-19(16)26/h2-6,10,13-14,27H,1,7-9H2,(H2,22,23,24)/t13-,14?/m1/s1. The number of hydrogen-bond donors (Lipinski definition) is 2. The number of rotatable bonds is 4. The number of nitrogen functional groups attached to an aromatic ring is 1. The van der Waals surface area contributed by atoms with Crippen molar-refractivity contribution in [3.8, 4) is 11.1 Å². The van der Waals surface area contributed by atoms with Crippen molar-refractivity contribution in [3.05, 3.63) is 54.2 Å². The largest absolute Gasteiger partial charge is 0.383 e. The van der Waals surface area contributed by atoms with Gasteiger partial charge in [0, 0.05) is 23.7 Å². The minimum atomic E-state index is -0.754. The smallest absolute Gasteiger partial charge is 0.204 e. The van der Waals surface area contributed by atoms with E-state index in [4.69, 9.17) is 17.3 Å². The molecular weight excluding hydrogens is 369 g/mol. The molecule has 6 nitrogen and oxygen atoms in total. The second-order valence-corrected chi connectivity index (χ2v) is 7.02. The lowest BCUT2D eigenvalue weighted by Gasteiger charge is -2.20. The highest BCUT2D eigenvalue weighted by molar-refractivity contribution is 6.30. The minimum absolute atomic E-state index is 0.183. The fourth-order valence-corrected chi connectivity index (χ4v) is 3.84. The van der Waals surface area contributed by atoms with Crippen LogP contribution in [0.4, 0.5) is 10.2 Å². The predicted molar refractivity (Wildman–Crippen MR) is 104 cm³/mol. The average molecular weight is 388 g/mol. The van der Waals surface area contributed by atoms with Crippen LogP contribution in [0.25, 0.3) is 22.2 Å². The van der Waals surface area contributed by atoms with Gasteiger partial charge in [-0.15, -0.1) is 0 Å². The lowest BCUT2D eigenvalue weighted by atomic mass is 10.1. The first-order valence-corrected chi connectivity index (χ1v) is 8.99. The van der Waals surface area contributed by atoms with Gasteiger partial charge >= 0.3 is 0 Å². The van der Waals surface area contributed by atoms with Crippen molar-refractivity contribution < 1.29 is 9.50 Å². The third kappa shape index (κ3) is 2.97. The van der Waals surface area contributed by atoms with E-state index in [2.05, 4.69) is 16.5 Å². The van der Waals surface area contributed by atoms with E-state index in [9.17, 15) is 5.11 Å². The Morgan fingerprint density at radius 1 is 1.33 bits per heavy atom. The molecule has 1 aromatic carbocycles. The molecule has 0 radical (unpaired) electrons. The van der Waals surface area contributed by atoms with E-state index in [1.54, 1.807) is 28.8 Å². The molecule has 27 heavy (non-hydrogen) atoms. The SMILES string of the molecule is C=CC(O)N1CC[C@@H](n2c(F)c(-c3ccc(Cl)cc3)c3c(N)ncnc32)C1. The van der Waals surface area contributed by atoms with Gasteiger partial charge in [-0.2, -0.15) is 4.39 Å². The molecular formula is C19H19ClFN5O. The highest BCUT2D eigenvalue weighted by atomic mass is 35.5. The molecule has 1 fully saturated rings. The second kappa shape index (κ2) is 6.92. The minimum Gasteiger partial charge on any atom is -0.383 e. The van der Waals surface area contributed by atoms with Gasteiger partial charge in [0.2, 0.25) is 5.95 Å². The quantitative estimate of drug-likeness (QED) is 0.672. The van der Waals surface area contributed by atoms with E-state index in [-0.39, 0.29) is 11.9 Å². The van der Waals surface area contributed by atoms with Crippen LogP contribution in [0.5, 0.6) is 0 Å². The van der Waals surface area contributed by atoms with E-state index < -0.39 is 12.2 Å². The van der Waals surface area contributed by atoms with Crippen LogP contribution < -0.4 is 5.73 Å². The summed E-state index contributed by atoms with van der Waals surface area (Å²) in [5.74, 6) is -0.192. The molecule has 0 amide bonds. The number of halogens is 2. The number of aliphatic hydroxyl groups is 1. The predicted octanol–water partition coefficient (Wildman–Crippen LogP) is 3.22. The zero-order valence-electron chi connectivity index (χ0n) is 14.5. The second-order valence-electron chi connectivity index (χ2n) is 6.59. The fraction of sp³-hybridized carbons (Fsp3) is 0.263. The molecule has 1 saturated heterocycles. The molecule has 4 rings (SSSR count). The molecule has 1 aliphatic heterocycles. The van der Waals surface area contributed by atoms with Crippen LogP contribution >= 0.6 is 11.6 Å². The summed E-state index contributed by atoms with van der Waals surface area (Å²) in [6.07, 6.45) is 2.72. The van der Waals surface area contributed by atoms with Gasteiger partial charge in [0.1, 0.15) is 24.0 Å². The number of nitrogens with zero attached hydrogens (tertiary/aromatic N) is 4. The number of likely N-dealkylation sites (tertiary alicyclic amines) is 1. The number of aromatic nitrogens is 3. The summed E-state index contributed by atoms with van der Waals surface area (Å²) in [5, 5.41) is 11.1. The van der Waals surface area contributed by atoms with Crippen LogP contribution in [-0.4, -0.2) is 43.9 Å². The Labute approximate surface area is 160 Å². The molecule has 2 atom stereocenters. The summed E-state index contributed by atoms with van der Waals surface area (Å²) in [6, 6.07) is 6.73. The zero-order valence-corrected chi connectivity index (χ0v) is 15.3. The first-order chi connectivity index (χ1) is 13.0. The van der Waals surface area contributed by atoms with E-state index in [0.717, 1.165) is 0 Å². The zero-order chi connectivity index (χ0) is 19.1. The van der Waals surface area contributed by atoms with Gasteiger partial charge in [-0.25, -0.2) is 9.97 Å². The monoisotopic (exact) mass is 387 g/mol. The van der Waals surface area contributed by atoms with Crippen LogP contribution in [0.2, 0.25) is 5.02 Å². The summed E-state index contributed by atoms with van der Waals surface area (Å²) in [4.78, 5) is 10.2. The van der Waals surface area contributed by atoms with Crippen molar-refractivity contribution in [2.45, 2.75) is 18.7 Å². The van der Waals surface area contributed by atoms with E-state index in [1.165, 1.54) is 12.4 Å². The highest BCUT2D eigenvalue weighted by Crippen LogP contribution is 2.39. The number of aliphatic hydroxyl groups excluding tert-OH is 1. The number of benzene rings is 1. The normalized spacial score (nSPS) is 18.9. The average Bonchev–Trinajstić information content (AvgIpc) is 3.25. The third-order valence-electron chi connectivity index (χ3n) is 5.03. The van der Waals surface area contributed by atoms with E-state index >= 15 is 4.39 Å². The Hall–Kier alpha value is -2.48. The van der Waals surface area contributed by atoms with Crippen molar-refractivity contribution in [2.75, 3.05) is 18.8 Å². The fourth-order valence-electron chi connectivity index (χ4n) is 3.71. The topological polar surface area (TPSA) is 80.2 Å². The van der Waals surface area contributed by atoms with Gasteiger partial charge in [0.05, 0.1) is 11.4 Å². The number of nitrogens with two attached hydrogens (primary N) is 1. The summed E-state index contributed by atoms with van der Waals surface area (Å²) in [7, 11) is 0. The molecule has 0 bridgehead atoms. The Morgan fingerprint density at radius 2 is 2.07 bits per heavy atom. The molecule has 3 heterocycles. The molecule has 140 valence electrons. The van der Waals surface area contributed by atoms with Crippen molar-refractivity contribution in [2.24, 2.45) is 0 Å². The van der Waals surface area contributed by atoms with Crippen molar-refractivity contribution >= 4 is 28.5 Å². The van der Waals surface area contributed by atoms with Gasteiger partial charge in [0.25, 0.3) is 0 Å². The summed E-state index contributed by atoms with van der Waals surface area (Å²) in [6.45, 7) is 4.73. The molecule has 0 aliphatic carbocycles. The third-order valence-corrected chi connectivity index (χ3v) is 5.28. The van der Waals surface area contributed by atoms with Gasteiger partial charge in [-0.05, 0) is 30.2 Å². The van der Waals surface area contributed by atoms with Gasteiger partial charge in [0.15, 0.2) is 0 Å². The molecule has 3 N–H and O–H groups in total. The van der Waals surface area contributed by atoms with Crippen molar-refractivity contribution in [1.29, 1.82) is 0 Å². The molecule has 3 aromatic rings. The van der Waals surface area contributed by atoms with E-state index in [0.29, 0.717) is 46.7 Å². The van der Waals surface area contributed by atoms with Crippen LogP contribution in [0.1, 0.15) is 12.5 Å². The Balaban J connectivity index is 1.88. The number of fused-ring (bicyclic) bond motifs is 1. The molecule has 1 aliphatic rings. The molecule has 1 unspecified atom stereocenters. The maximum absolute atomic E-state index is 15.6. The van der Waals surface area contributed by atoms with Crippen molar-refractivity contribution in [3.63, 3.8) is 0 Å². The number of hydrogen-bond acceptors (Lipinski definition) is 5. The van der Waals surface area contributed by atoms with Gasteiger partial charge < -0.3 is 10.8 Å². The van der Waals surface area contributed by atoms with Crippen LogP contribution in [0.15, 0.2) is 43.2 Å². The highest BCUT2D eigenvalue weighted by Gasteiger charge is 2.32. The summed E-state index contributed by atoms with van der Waals surface area (Å²) in [5.41, 5.74) is 7.55. The van der Waals surface area contributed by atoms with Gasteiger partial charge in [-0.3, -0.25) is 9.47 Å². The maximum atomic E-state index is 15.6. The van der Waals surface area contributed by atoms with Crippen LogP contribution in [0, 0.1) is 5.95 Å². The first-order valence-electron chi connectivity index (χ1n) is 8.61. The van der Waals surface area contributed by atoms with Crippen LogP contribution in [0.3, 0.4) is 0 Å². The van der Waals surface area contributed by atoms with E-state index in [1.807, 2.05) is 4.90 Å². The number of anilines is 1. The Morgan fingerprint density at radius 3 is 2.78 bits per heavy atom. The maximum Gasteiger partial charge on any atom is 0.204 e. The Bertz CT molecular complexity index is 1000. The van der Waals surface area contributed by atoms with Crippen LogP contribution in [-0.2, 0) is 0 Å². The Kier molecular flexibility index (Phi) is 4.59. The van der Waals surface area contributed by atoms with Gasteiger partial charge in [-0.1, -0.05) is 30.3 Å². The van der Waals surface area contributed by atoms with Crippen molar-refractivity contribution in [1.82, 2.24) is 19.4 Å². The molecule has 8 heteroatoms. The molecule has 0 spiro atoms. The summed E-state index contributed by atoms with van der Waals surface area (Å²) < 4.78 is 17.2. The first kappa shape index (κ1) is 17.9. The molecule has 0 saturated carbocycles. The molecule has 2 aromatic heterocycles. The summed E-state index contributed by atoms with van der Waals surface area (Å²) >= 11 is 5.97. The lowest BCUT2D eigenvalue weighted by Crippen LogP contribution is -2.31. The lowest BCUT2D eigenvalue weighted by molar-refractivity contribution is 0.0586.